The highest BCUT2D eigenvalue weighted by Crippen LogP contribution is 2.13. The summed E-state index contributed by atoms with van der Waals surface area (Å²) in [5.74, 6) is 0. The van der Waals surface area contributed by atoms with Crippen LogP contribution in [-0.2, 0) is 0 Å². The van der Waals surface area contributed by atoms with E-state index in [0.29, 0.717) is 5.13 Å². The fraction of sp³-hybridized carbons (Fsp3) is 0. The van der Waals surface area contributed by atoms with Crippen LogP contribution in [0, 0.1) is 0 Å². The molecule has 0 aromatic carbocycles. The van der Waals surface area contributed by atoms with Crippen molar-refractivity contribution < 1.29 is 0 Å². The maximum Gasteiger partial charge on any atom is 0.203 e. The zero-order chi connectivity index (χ0) is 3.70. The number of rotatable bonds is 0. The average molecular weight is 179 g/mol. The number of nitrogens with two attached hydrogens (primary N) is 1. The van der Waals surface area contributed by atoms with Crippen LogP contribution in [0.4, 0.5) is 5.13 Å². The molecular weight excluding hydrogens is 175 g/mol. The van der Waals surface area contributed by atoms with Crippen molar-refractivity contribution in [3.05, 3.63) is 0 Å². The Labute approximate surface area is 61.1 Å². The minimum atomic E-state index is 0. The van der Waals surface area contributed by atoms with E-state index in [-0.39, 0.29) is 24.8 Å². The summed E-state index contributed by atoms with van der Waals surface area (Å²) in [6.07, 6.45) is 0. The van der Waals surface area contributed by atoms with Crippen molar-refractivity contribution in [3.8, 4) is 0 Å². The highest BCUT2D eigenvalue weighted by Gasteiger charge is 1.82. The summed E-state index contributed by atoms with van der Waals surface area (Å²) in [6, 6.07) is 0. The summed E-state index contributed by atoms with van der Waals surface area (Å²) in [7, 11) is 2.93. The van der Waals surface area contributed by atoms with Gasteiger partial charge >= 0.3 is 0 Å². The van der Waals surface area contributed by atoms with Crippen LogP contribution >= 0.6 is 45.7 Å². The van der Waals surface area contributed by atoms with Crippen LogP contribution in [-0.4, -0.2) is 4.37 Å². The maximum atomic E-state index is 5.07. The van der Waals surface area contributed by atoms with Gasteiger partial charge in [-0.05, 0) is 10.3 Å². The molecule has 7 heavy (non-hydrogen) atoms. The second kappa shape index (κ2) is 4.64. The molecule has 0 aliphatic rings. The fourth-order valence-corrected chi connectivity index (χ4v) is 0.723. The van der Waals surface area contributed by atoms with Gasteiger partial charge in [-0.2, -0.15) is 4.37 Å². The summed E-state index contributed by atoms with van der Waals surface area (Å²) in [5, 5.41) is 0.690. The largest absolute Gasteiger partial charge is 0.374 e. The lowest BCUT2D eigenvalue weighted by Crippen LogP contribution is -1.82. The summed E-state index contributed by atoms with van der Waals surface area (Å²) >= 11 is 0. The number of aromatic nitrogens is 1. The molecule has 1 rings (SSSR count). The molecule has 0 spiro atoms. The lowest BCUT2D eigenvalue weighted by Gasteiger charge is -1.82. The molecule has 0 atom stereocenters. The van der Waals surface area contributed by atoms with E-state index in [1.54, 1.807) is 0 Å². The first kappa shape index (κ1) is 10.5. The van der Waals surface area contributed by atoms with Crippen LogP contribution in [0.2, 0.25) is 0 Å². The summed E-state index contributed by atoms with van der Waals surface area (Å²) < 4.78 is 3.64. The van der Waals surface area contributed by atoms with Gasteiger partial charge in [-0.25, -0.2) is 0 Å². The van der Waals surface area contributed by atoms with Gasteiger partial charge in [-0.15, -0.1) is 24.8 Å². The number of hydrogen-bond acceptors (Lipinski definition) is 4. The summed E-state index contributed by atoms with van der Waals surface area (Å²) in [6.45, 7) is 0. The van der Waals surface area contributed by atoms with E-state index in [9.17, 15) is 0 Å². The highest BCUT2D eigenvalue weighted by atomic mass is 35.5. The van der Waals surface area contributed by atoms with Crippen LogP contribution in [0.5, 0.6) is 0 Å². The third kappa shape index (κ3) is 3.11. The predicted molar refractivity (Wildman–Crippen MR) is 38.9 cm³/mol. The zero-order valence-electron chi connectivity index (χ0n) is 3.16. The van der Waals surface area contributed by atoms with Crippen molar-refractivity contribution in [1.82, 2.24) is 4.37 Å². The Balaban J connectivity index is 0. The molecule has 2 nitrogen and oxygen atoms in total. The molecule has 0 aliphatic carbocycles. The van der Waals surface area contributed by atoms with Gasteiger partial charge in [0.2, 0.25) is 5.13 Å². The third-order valence-corrected chi connectivity index (χ3v) is 1.93. The highest BCUT2D eigenvalue weighted by molar-refractivity contribution is 7.70. The minimum absolute atomic E-state index is 0. The molecule has 0 unspecified atom stereocenters. The van der Waals surface area contributed by atoms with Crippen molar-refractivity contribution in [2.45, 2.75) is 0 Å². The quantitative estimate of drug-likeness (QED) is 0.614. The number of nitrogen functional groups attached to an aromatic ring is 1. The van der Waals surface area contributed by atoms with Gasteiger partial charge in [-0.3, -0.25) is 0 Å². The van der Waals surface area contributed by atoms with E-state index in [4.69, 9.17) is 5.73 Å². The minimum Gasteiger partial charge on any atom is -0.374 e. The average Bonchev–Trinajstić information content (AvgIpc) is 1.30. The van der Waals surface area contributed by atoms with Crippen molar-refractivity contribution in [2.24, 2.45) is 0 Å². The van der Waals surface area contributed by atoms with E-state index in [2.05, 4.69) is 4.37 Å². The third-order valence-electron chi connectivity index (χ3n) is 0.250. The van der Waals surface area contributed by atoms with Crippen LogP contribution in [0.3, 0.4) is 0 Å². The van der Waals surface area contributed by atoms with Crippen LogP contribution in [0.15, 0.2) is 0 Å². The molecule has 1 heterocycles. The molecule has 2 N–H and O–H groups in total. The molecule has 6 heteroatoms. The van der Waals surface area contributed by atoms with Gasteiger partial charge in [0, 0.05) is 10.5 Å². The summed E-state index contributed by atoms with van der Waals surface area (Å²) in [4.78, 5) is 0. The molecule has 0 amide bonds. The second-order valence-corrected chi connectivity index (χ2v) is 2.45. The molecule has 0 fully saturated rings. The molecule has 0 saturated heterocycles. The van der Waals surface area contributed by atoms with E-state index < -0.39 is 0 Å². The zero-order valence-corrected chi connectivity index (χ0v) is 6.42. The van der Waals surface area contributed by atoms with Gasteiger partial charge in [0.1, 0.15) is 0 Å². The SMILES string of the molecule is Cl.Cl.Nc1nss1. The Morgan fingerprint density at radius 3 is 1.71 bits per heavy atom. The fourth-order valence-electron chi connectivity index (χ4n) is 0.0803. The molecule has 0 saturated carbocycles. The molecule has 0 bridgehead atoms. The normalized spacial score (nSPS) is 6.29. The van der Waals surface area contributed by atoms with E-state index in [1.165, 1.54) is 20.9 Å². The predicted octanol–water partition coefficient (Wildman–Crippen LogP) is 1.63. The van der Waals surface area contributed by atoms with Crippen molar-refractivity contribution in [2.75, 3.05) is 5.73 Å². The second-order valence-electron chi connectivity index (χ2n) is 0.587. The number of halogens is 2. The van der Waals surface area contributed by atoms with Crippen LogP contribution < -0.4 is 5.73 Å². The molecule has 44 valence electrons. The molecule has 0 aliphatic heterocycles. The van der Waals surface area contributed by atoms with Crippen LogP contribution in [0.25, 0.3) is 0 Å². The van der Waals surface area contributed by atoms with Gasteiger partial charge in [0.05, 0.1) is 0 Å². The lowest BCUT2D eigenvalue weighted by atomic mass is 11.3. The Hall–Kier alpha value is 0.490. The first-order valence-electron chi connectivity index (χ1n) is 1.07. The molecule has 1 aromatic rings. The monoisotopic (exact) mass is 178 g/mol. The molecule has 0 radical (unpaired) electrons. The van der Waals surface area contributed by atoms with E-state index in [0.717, 1.165) is 0 Å². The van der Waals surface area contributed by atoms with Crippen molar-refractivity contribution in [3.63, 3.8) is 0 Å². The number of hydrogen-bond donors (Lipinski definition) is 1. The number of nitrogens with zero attached hydrogens (tertiary/aromatic N) is 1. The Bertz CT molecular complexity index is 95.9. The maximum absolute atomic E-state index is 5.07. The van der Waals surface area contributed by atoms with E-state index in [1.807, 2.05) is 0 Å². The Morgan fingerprint density at radius 2 is 1.71 bits per heavy atom. The standard InChI is InChI=1S/CH2N2S2.2ClH/c2-1-3-5-4-1;;/h(H2,2,3);2*1H. The van der Waals surface area contributed by atoms with Gasteiger partial charge in [0.15, 0.2) is 0 Å². The van der Waals surface area contributed by atoms with Gasteiger partial charge < -0.3 is 5.73 Å². The van der Waals surface area contributed by atoms with Gasteiger partial charge in [-0.1, -0.05) is 0 Å². The van der Waals surface area contributed by atoms with Crippen molar-refractivity contribution in [1.29, 1.82) is 0 Å². The van der Waals surface area contributed by atoms with Crippen LogP contribution in [0.1, 0.15) is 0 Å². The Morgan fingerprint density at radius 1 is 1.43 bits per heavy atom. The van der Waals surface area contributed by atoms with Gasteiger partial charge in [0.25, 0.3) is 0 Å². The molecule has 1 aromatic heterocycles. The Kier molecular flexibility index (Phi) is 6.94. The smallest absolute Gasteiger partial charge is 0.203 e. The summed E-state index contributed by atoms with van der Waals surface area (Å²) in [5.41, 5.74) is 5.07. The lowest BCUT2D eigenvalue weighted by molar-refractivity contribution is 1.60. The van der Waals surface area contributed by atoms with Crippen molar-refractivity contribution >= 4 is 50.8 Å². The number of anilines is 1. The first-order chi connectivity index (χ1) is 2.39. The first-order valence-corrected chi connectivity index (χ1v) is 3.17. The topological polar surface area (TPSA) is 38.9 Å². The molecular formula is CH4Cl2N2S2. The van der Waals surface area contributed by atoms with E-state index >= 15 is 0 Å².